The zero-order valence-electron chi connectivity index (χ0n) is 18.8. The molecule has 5 aromatic rings. The summed E-state index contributed by atoms with van der Waals surface area (Å²) in [7, 11) is 0. The van der Waals surface area contributed by atoms with E-state index in [1.165, 1.54) is 0 Å². The number of carboxylic acid groups (broad SMARTS) is 1. The van der Waals surface area contributed by atoms with E-state index in [-0.39, 0.29) is 0 Å². The fourth-order valence-corrected chi connectivity index (χ4v) is 4.87. The molecule has 1 atom stereocenters. The molecule has 0 spiro atoms. The monoisotopic (exact) mass is 457 g/mol. The summed E-state index contributed by atoms with van der Waals surface area (Å²) in [6.07, 6.45) is -1.18. The predicted molar refractivity (Wildman–Crippen MR) is 132 cm³/mol. The lowest BCUT2D eigenvalue weighted by molar-refractivity contribution is -0.160. The topological polar surface area (TPSA) is 85.2 Å². The zero-order chi connectivity index (χ0) is 23.3. The van der Waals surface area contributed by atoms with Gasteiger partial charge >= 0.3 is 5.97 Å². The first-order valence-electron chi connectivity index (χ1n) is 10.7. The lowest BCUT2D eigenvalue weighted by Gasteiger charge is -2.28. The lowest BCUT2D eigenvalue weighted by Crippen LogP contribution is -2.28. The molecule has 0 amide bonds. The molecule has 7 heteroatoms. The Morgan fingerprint density at radius 2 is 1.85 bits per heavy atom. The van der Waals surface area contributed by atoms with Gasteiger partial charge in [-0.05, 0) is 57.5 Å². The van der Waals surface area contributed by atoms with Gasteiger partial charge in [0.15, 0.2) is 11.8 Å². The van der Waals surface area contributed by atoms with Crippen LogP contribution in [0.4, 0.5) is 0 Å². The highest BCUT2D eigenvalue weighted by molar-refractivity contribution is 7.16. The molecule has 0 radical (unpaired) electrons. The number of rotatable bonds is 4. The maximum atomic E-state index is 12.5. The fourth-order valence-electron chi connectivity index (χ4n) is 4.15. The summed E-state index contributed by atoms with van der Waals surface area (Å²) < 4.78 is 7.09. The van der Waals surface area contributed by atoms with E-state index < -0.39 is 17.7 Å². The van der Waals surface area contributed by atoms with Gasteiger partial charge in [-0.3, -0.25) is 0 Å². The van der Waals surface area contributed by atoms with Crippen molar-refractivity contribution >= 4 is 49.5 Å². The molecule has 0 bridgehead atoms. The van der Waals surface area contributed by atoms with Crippen molar-refractivity contribution in [3.05, 3.63) is 65.3 Å². The number of nitrogens with zero attached hydrogens (tertiary/aromatic N) is 3. The Hall–Kier alpha value is -3.42. The molecule has 0 aliphatic carbocycles. The van der Waals surface area contributed by atoms with Crippen LogP contribution in [-0.2, 0) is 9.53 Å². The minimum Gasteiger partial charge on any atom is -0.479 e. The summed E-state index contributed by atoms with van der Waals surface area (Å²) in [4.78, 5) is 26.4. The summed E-state index contributed by atoms with van der Waals surface area (Å²) in [5.74, 6) is -1.05. The Morgan fingerprint density at radius 1 is 1.06 bits per heavy atom. The van der Waals surface area contributed by atoms with Crippen molar-refractivity contribution in [2.24, 2.45) is 0 Å². The van der Waals surface area contributed by atoms with Crippen LogP contribution in [0.1, 0.15) is 38.1 Å². The molecule has 0 saturated heterocycles. The zero-order valence-corrected chi connectivity index (χ0v) is 19.6. The van der Waals surface area contributed by atoms with Crippen molar-refractivity contribution in [2.45, 2.75) is 39.4 Å². The van der Waals surface area contributed by atoms with E-state index in [0.717, 1.165) is 37.6 Å². The number of aliphatic carboxylic acids is 1. The molecule has 3 aromatic heterocycles. The normalized spacial score (nSPS) is 13.1. The molecule has 1 N–H and O–H groups in total. The van der Waals surface area contributed by atoms with Crippen molar-refractivity contribution in [1.29, 1.82) is 0 Å². The van der Waals surface area contributed by atoms with E-state index >= 15 is 0 Å². The van der Waals surface area contributed by atoms with Crippen molar-refractivity contribution < 1.29 is 14.6 Å². The molecule has 0 aliphatic rings. The number of para-hydroxylation sites is 1. The number of thiazole rings is 1. The highest BCUT2D eigenvalue weighted by Gasteiger charge is 2.32. The average molecular weight is 458 g/mol. The fraction of sp³-hybridized carbons (Fsp3) is 0.231. The van der Waals surface area contributed by atoms with Gasteiger partial charge in [-0.2, -0.15) is 0 Å². The van der Waals surface area contributed by atoms with Gasteiger partial charge in [-0.25, -0.2) is 19.7 Å². The second-order valence-electron chi connectivity index (χ2n) is 9.02. The van der Waals surface area contributed by atoms with Crippen LogP contribution in [0.5, 0.6) is 0 Å². The molecule has 3 heterocycles. The molecule has 0 aliphatic heterocycles. The number of aromatic nitrogens is 3. The third kappa shape index (κ3) is 3.94. The Bertz CT molecular complexity index is 1540. The summed E-state index contributed by atoms with van der Waals surface area (Å²) in [5, 5.41) is 11.9. The first kappa shape index (κ1) is 21.4. The summed E-state index contributed by atoms with van der Waals surface area (Å²) in [5.41, 5.74) is 6.27. The lowest BCUT2D eigenvalue weighted by atomic mass is 9.91. The van der Waals surface area contributed by atoms with Crippen molar-refractivity contribution in [2.75, 3.05) is 0 Å². The van der Waals surface area contributed by atoms with Crippen molar-refractivity contribution in [3.8, 4) is 11.1 Å². The Balaban J connectivity index is 1.90. The van der Waals surface area contributed by atoms with Gasteiger partial charge < -0.3 is 9.84 Å². The predicted octanol–water partition coefficient (Wildman–Crippen LogP) is 6.31. The molecular formula is C26H23N3O3S. The van der Waals surface area contributed by atoms with E-state index in [1.807, 2.05) is 75.7 Å². The van der Waals surface area contributed by atoms with E-state index in [9.17, 15) is 9.90 Å². The molecule has 6 nitrogen and oxygen atoms in total. The number of fused-ring (bicyclic) bond motifs is 3. The quantitative estimate of drug-likeness (QED) is 0.318. The van der Waals surface area contributed by atoms with Gasteiger partial charge in [0.25, 0.3) is 0 Å². The van der Waals surface area contributed by atoms with Gasteiger partial charge in [0.05, 0.1) is 26.8 Å². The molecule has 166 valence electrons. The molecule has 33 heavy (non-hydrogen) atoms. The third-order valence-electron chi connectivity index (χ3n) is 5.48. The number of benzene rings is 2. The van der Waals surface area contributed by atoms with Crippen LogP contribution in [0, 0.1) is 6.92 Å². The number of hydrogen-bond acceptors (Lipinski definition) is 6. The SMILES string of the molecule is Cc1nc2nc3ccccc3cc2c(-c2ccc3ncsc3c2)c1C(OC(C)(C)C)C(=O)O. The summed E-state index contributed by atoms with van der Waals surface area (Å²) in [6.45, 7) is 7.38. The maximum Gasteiger partial charge on any atom is 0.337 e. The van der Waals surface area contributed by atoms with Gasteiger partial charge in [0.1, 0.15) is 0 Å². The van der Waals surface area contributed by atoms with Crippen molar-refractivity contribution in [3.63, 3.8) is 0 Å². The van der Waals surface area contributed by atoms with E-state index in [0.29, 0.717) is 16.9 Å². The number of ether oxygens (including phenoxy) is 1. The Kier molecular flexibility index (Phi) is 5.11. The first-order valence-corrected chi connectivity index (χ1v) is 11.5. The number of aryl methyl sites for hydroxylation is 1. The molecule has 5 rings (SSSR count). The minimum atomic E-state index is -1.18. The standard InChI is InChI=1S/C26H23N3O3S/c1-14-21(23(25(30)31)32-26(2,3)4)22(16-9-10-19-20(12-16)33-13-27-19)17-11-15-7-5-6-8-18(15)29-24(17)28-14/h5-13,23H,1-4H3,(H,30,31). The van der Waals surface area contributed by atoms with Crippen LogP contribution in [-0.4, -0.2) is 31.6 Å². The Labute approximate surface area is 194 Å². The van der Waals surface area contributed by atoms with Gasteiger partial charge in [-0.15, -0.1) is 11.3 Å². The second kappa shape index (κ2) is 7.86. The number of carboxylic acids is 1. The van der Waals surface area contributed by atoms with Gasteiger partial charge in [0.2, 0.25) is 0 Å². The smallest absolute Gasteiger partial charge is 0.337 e. The number of pyridine rings is 2. The van der Waals surface area contributed by atoms with E-state index in [1.54, 1.807) is 11.3 Å². The highest BCUT2D eigenvalue weighted by atomic mass is 32.1. The molecular weight excluding hydrogens is 434 g/mol. The highest BCUT2D eigenvalue weighted by Crippen LogP contribution is 2.40. The van der Waals surface area contributed by atoms with Crippen LogP contribution < -0.4 is 0 Å². The van der Waals surface area contributed by atoms with Crippen LogP contribution in [0.25, 0.3) is 43.3 Å². The van der Waals surface area contributed by atoms with Gasteiger partial charge in [0, 0.05) is 27.6 Å². The van der Waals surface area contributed by atoms with Crippen LogP contribution >= 0.6 is 11.3 Å². The van der Waals surface area contributed by atoms with Crippen LogP contribution in [0.2, 0.25) is 0 Å². The summed E-state index contributed by atoms with van der Waals surface area (Å²) >= 11 is 1.55. The van der Waals surface area contributed by atoms with E-state index in [2.05, 4.69) is 11.1 Å². The summed E-state index contributed by atoms with van der Waals surface area (Å²) in [6, 6.07) is 15.9. The molecule has 0 fully saturated rings. The largest absolute Gasteiger partial charge is 0.479 e. The van der Waals surface area contributed by atoms with Crippen molar-refractivity contribution in [1.82, 2.24) is 15.0 Å². The van der Waals surface area contributed by atoms with Gasteiger partial charge in [-0.1, -0.05) is 24.3 Å². The second-order valence-corrected chi connectivity index (χ2v) is 9.91. The Morgan fingerprint density at radius 3 is 2.61 bits per heavy atom. The first-order chi connectivity index (χ1) is 15.7. The maximum absolute atomic E-state index is 12.5. The average Bonchev–Trinajstić information content (AvgIpc) is 3.22. The van der Waals surface area contributed by atoms with E-state index in [4.69, 9.17) is 14.7 Å². The van der Waals surface area contributed by atoms with Crippen LogP contribution in [0.3, 0.4) is 0 Å². The van der Waals surface area contributed by atoms with Crippen LogP contribution in [0.15, 0.2) is 54.0 Å². The minimum absolute atomic E-state index is 0.547. The number of carbonyl (C=O) groups is 1. The number of hydrogen-bond donors (Lipinski definition) is 1. The molecule has 0 saturated carbocycles. The molecule has 2 aromatic carbocycles. The molecule has 1 unspecified atom stereocenters. The third-order valence-corrected chi connectivity index (χ3v) is 6.28.